The lowest BCUT2D eigenvalue weighted by Gasteiger charge is -2.45. The van der Waals surface area contributed by atoms with Gasteiger partial charge >= 0.3 is 0 Å². The van der Waals surface area contributed by atoms with Crippen molar-refractivity contribution in [3.8, 4) is 0 Å². The van der Waals surface area contributed by atoms with Crippen molar-refractivity contribution in [1.29, 1.82) is 0 Å². The highest BCUT2D eigenvalue weighted by molar-refractivity contribution is 5.79. The summed E-state index contributed by atoms with van der Waals surface area (Å²) in [6.45, 7) is 6.50. The van der Waals surface area contributed by atoms with E-state index in [0.29, 0.717) is 5.92 Å². The predicted molar refractivity (Wildman–Crippen MR) is 126 cm³/mol. The molecule has 3 heteroatoms. The first-order valence-electron chi connectivity index (χ1n) is 10.9. The minimum Gasteiger partial charge on any atom is -0.326 e. The molecule has 2 aromatic rings. The number of aromatic amines is 1. The summed E-state index contributed by atoms with van der Waals surface area (Å²) in [5.41, 5.74) is 6.95. The van der Waals surface area contributed by atoms with Crippen molar-refractivity contribution in [2.45, 2.75) is 52.0 Å². The van der Waals surface area contributed by atoms with Crippen molar-refractivity contribution in [2.24, 2.45) is 10.9 Å². The number of nitrogens with zero attached hydrogens (tertiary/aromatic N) is 1. The average molecular weight is 399 g/mol. The number of rotatable bonds is 5. The minimum absolute atomic E-state index is 0.0394. The fourth-order valence-electron chi connectivity index (χ4n) is 5.12. The molecule has 0 amide bonds. The zero-order chi connectivity index (χ0) is 21.1. The quantitative estimate of drug-likeness (QED) is 0.504. The van der Waals surface area contributed by atoms with E-state index in [1.54, 1.807) is 6.07 Å². The van der Waals surface area contributed by atoms with E-state index in [1.807, 2.05) is 18.4 Å². The van der Waals surface area contributed by atoms with Crippen LogP contribution in [0.15, 0.2) is 75.6 Å². The standard InChI is InChI=1S/C27H30N2O/c1-4-8-20-9-6-10-21(16-20)11-7-14-28-27-18-19(3)15-22(23(27)5-2)17-25-24(27)12-13-26(30)29-25/h5-7,9-16,22H,4,8,17-18H2,1-3H3,(H,29,30)/b11-7+,23-5+,28-14?/t22-,27+/m0/s1. The Labute approximate surface area is 179 Å². The van der Waals surface area contributed by atoms with Crippen molar-refractivity contribution in [3.05, 3.63) is 98.5 Å². The van der Waals surface area contributed by atoms with Gasteiger partial charge in [0.05, 0.1) is 0 Å². The molecule has 0 saturated heterocycles. The summed E-state index contributed by atoms with van der Waals surface area (Å²) in [4.78, 5) is 20.1. The number of fused-ring (bicyclic) bond motifs is 4. The van der Waals surface area contributed by atoms with E-state index in [2.05, 4.69) is 68.2 Å². The Morgan fingerprint density at radius 1 is 1.27 bits per heavy atom. The summed E-state index contributed by atoms with van der Waals surface area (Å²) in [6, 6.07) is 12.3. The molecule has 0 saturated carbocycles. The van der Waals surface area contributed by atoms with Crippen molar-refractivity contribution < 1.29 is 0 Å². The third kappa shape index (κ3) is 3.77. The normalized spacial score (nSPS) is 24.4. The van der Waals surface area contributed by atoms with E-state index in [-0.39, 0.29) is 5.56 Å². The summed E-state index contributed by atoms with van der Waals surface area (Å²) < 4.78 is 0. The van der Waals surface area contributed by atoms with Crippen molar-refractivity contribution in [2.75, 3.05) is 0 Å². The molecule has 2 aliphatic rings. The van der Waals surface area contributed by atoms with Crippen LogP contribution >= 0.6 is 0 Å². The second-order valence-electron chi connectivity index (χ2n) is 8.45. The molecule has 2 bridgehead atoms. The van der Waals surface area contributed by atoms with Crippen LogP contribution in [0, 0.1) is 5.92 Å². The molecular formula is C27H30N2O. The van der Waals surface area contributed by atoms with Crippen molar-refractivity contribution in [1.82, 2.24) is 4.98 Å². The van der Waals surface area contributed by atoms with Gasteiger partial charge in [-0.15, -0.1) is 0 Å². The maximum absolute atomic E-state index is 11.9. The zero-order valence-electron chi connectivity index (χ0n) is 18.1. The SMILES string of the molecule is C/C=C1\[C@H]2C=C(C)C[C@]1(N=C/C=C/c1cccc(CCC)c1)c1ccc(=O)[nH]c1C2. The van der Waals surface area contributed by atoms with Crippen LogP contribution in [0.1, 0.15) is 56.0 Å². The number of nitrogens with one attached hydrogen (secondary N) is 1. The smallest absolute Gasteiger partial charge is 0.248 e. The molecule has 1 heterocycles. The van der Waals surface area contributed by atoms with Gasteiger partial charge in [0.15, 0.2) is 0 Å². The largest absolute Gasteiger partial charge is 0.326 e. The van der Waals surface area contributed by atoms with E-state index in [1.165, 1.54) is 22.3 Å². The summed E-state index contributed by atoms with van der Waals surface area (Å²) in [7, 11) is 0. The van der Waals surface area contributed by atoms with Crippen LogP contribution in [0.5, 0.6) is 0 Å². The molecule has 1 aromatic heterocycles. The van der Waals surface area contributed by atoms with Crippen LogP contribution in [0.3, 0.4) is 0 Å². The molecule has 4 rings (SSSR count). The summed E-state index contributed by atoms with van der Waals surface area (Å²) in [5.74, 6) is 0.293. The van der Waals surface area contributed by atoms with E-state index in [4.69, 9.17) is 4.99 Å². The van der Waals surface area contributed by atoms with Crippen LogP contribution in [-0.2, 0) is 18.4 Å². The molecular weight excluding hydrogens is 368 g/mol. The first kappa shape index (κ1) is 20.3. The van der Waals surface area contributed by atoms with Gasteiger partial charge in [-0.2, -0.15) is 0 Å². The number of pyridine rings is 1. The fraction of sp³-hybridized carbons (Fsp3) is 0.333. The van der Waals surface area contributed by atoms with Crippen molar-refractivity contribution in [3.63, 3.8) is 0 Å². The second kappa shape index (κ2) is 8.43. The Morgan fingerprint density at radius 2 is 2.13 bits per heavy atom. The summed E-state index contributed by atoms with van der Waals surface area (Å²) >= 11 is 0. The molecule has 2 aliphatic carbocycles. The minimum atomic E-state index is -0.426. The van der Waals surface area contributed by atoms with Gasteiger partial charge in [0.2, 0.25) is 5.56 Å². The maximum Gasteiger partial charge on any atom is 0.248 e. The lowest BCUT2D eigenvalue weighted by atomic mass is 9.63. The summed E-state index contributed by atoms with van der Waals surface area (Å²) in [6.07, 6.45) is 14.6. The Hall–Kier alpha value is -2.94. The molecule has 30 heavy (non-hydrogen) atoms. The first-order chi connectivity index (χ1) is 14.6. The molecule has 154 valence electrons. The van der Waals surface area contributed by atoms with Gasteiger partial charge in [-0.1, -0.05) is 61.4 Å². The topological polar surface area (TPSA) is 45.2 Å². The number of aryl methyl sites for hydroxylation is 1. The third-order valence-electron chi connectivity index (χ3n) is 6.24. The van der Waals surface area contributed by atoms with E-state index >= 15 is 0 Å². The maximum atomic E-state index is 11.9. The van der Waals surface area contributed by atoms with Gasteiger partial charge in [-0.05, 0) is 55.5 Å². The van der Waals surface area contributed by atoms with Crippen LogP contribution in [0.4, 0.5) is 0 Å². The lowest BCUT2D eigenvalue weighted by Crippen LogP contribution is -2.40. The van der Waals surface area contributed by atoms with Gasteiger partial charge in [0.25, 0.3) is 0 Å². The Morgan fingerprint density at radius 3 is 2.93 bits per heavy atom. The van der Waals surface area contributed by atoms with E-state index < -0.39 is 5.54 Å². The fourth-order valence-corrected chi connectivity index (χ4v) is 5.12. The number of hydrogen-bond acceptors (Lipinski definition) is 2. The van der Waals surface area contributed by atoms with Crippen LogP contribution in [0.25, 0.3) is 6.08 Å². The van der Waals surface area contributed by atoms with E-state index in [9.17, 15) is 4.79 Å². The number of H-pyrrole nitrogens is 1. The lowest BCUT2D eigenvalue weighted by molar-refractivity contribution is 0.413. The molecule has 2 atom stereocenters. The number of hydrogen-bond donors (Lipinski definition) is 1. The van der Waals surface area contributed by atoms with Crippen LogP contribution < -0.4 is 5.56 Å². The van der Waals surface area contributed by atoms with Crippen LogP contribution in [-0.4, -0.2) is 11.2 Å². The number of aliphatic imine (C=N–C) groups is 1. The Bertz CT molecular complexity index is 1120. The molecule has 1 N–H and O–H groups in total. The van der Waals surface area contributed by atoms with Gasteiger partial charge in [-0.25, -0.2) is 0 Å². The third-order valence-corrected chi connectivity index (χ3v) is 6.24. The van der Waals surface area contributed by atoms with E-state index in [0.717, 1.165) is 36.9 Å². The summed E-state index contributed by atoms with van der Waals surface area (Å²) in [5, 5.41) is 0. The average Bonchev–Trinajstić information content (AvgIpc) is 2.71. The highest BCUT2D eigenvalue weighted by Crippen LogP contribution is 2.51. The number of allylic oxidation sites excluding steroid dienone is 3. The molecule has 0 aliphatic heterocycles. The van der Waals surface area contributed by atoms with Gasteiger partial charge in [0.1, 0.15) is 5.54 Å². The molecule has 0 unspecified atom stereocenters. The highest BCUT2D eigenvalue weighted by Gasteiger charge is 2.46. The molecule has 1 aromatic carbocycles. The molecule has 0 radical (unpaired) electrons. The first-order valence-corrected chi connectivity index (χ1v) is 10.9. The highest BCUT2D eigenvalue weighted by atomic mass is 16.1. The van der Waals surface area contributed by atoms with Crippen molar-refractivity contribution >= 4 is 12.3 Å². The predicted octanol–water partition coefficient (Wildman–Crippen LogP) is 5.78. The monoisotopic (exact) mass is 398 g/mol. The Balaban J connectivity index is 1.71. The van der Waals surface area contributed by atoms with Gasteiger partial charge in [-0.3, -0.25) is 9.79 Å². The molecule has 0 spiro atoms. The zero-order valence-corrected chi connectivity index (χ0v) is 18.1. The molecule has 3 nitrogen and oxygen atoms in total. The molecule has 0 fully saturated rings. The Kier molecular flexibility index (Phi) is 5.72. The number of benzene rings is 1. The van der Waals surface area contributed by atoms with Gasteiger partial charge in [0, 0.05) is 35.9 Å². The van der Waals surface area contributed by atoms with Crippen LogP contribution in [0.2, 0.25) is 0 Å². The second-order valence-corrected chi connectivity index (χ2v) is 8.45. The number of aromatic nitrogens is 1. The van der Waals surface area contributed by atoms with Gasteiger partial charge < -0.3 is 4.98 Å².